The van der Waals surface area contributed by atoms with Crippen molar-refractivity contribution >= 4 is 32.8 Å². The number of halogens is 2. The van der Waals surface area contributed by atoms with Gasteiger partial charge < -0.3 is 10.2 Å². The molecular weight excluding hydrogens is 600 g/mol. The lowest BCUT2D eigenvalue weighted by Crippen LogP contribution is -2.39. The molecule has 0 spiro atoms. The molecule has 2 aromatic carbocycles. The minimum absolute atomic E-state index is 0.00412. The number of hydrogen-bond donors (Lipinski definition) is 2. The van der Waals surface area contributed by atoms with Crippen LogP contribution in [0.5, 0.6) is 0 Å². The van der Waals surface area contributed by atoms with E-state index in [0.717, 1.165) is 37.3 Å². The molecule has 0 unspecified atom stereocenters. The summed E-state index contributed by atoms with van der Waals surface area (Å²) in [6.45, 7) is 5.59. The first-order chi connectivity index (χ1) is 21.5. The summed E-state index contributed by atoms with van der Waals surface area (Å²) in [5.74, 6) is -0.748. The first-order valence-corrected chi connectivity index (χ1v) is 16.8. The zero-order chi connectivity index (χ0) is 32.3. The van der Waals surface area contributed by atoms with Crippen molar-refractivity contribution in [2.24, 2.45) is 0 Å². The normalized spacial score (nSPS) is 17.2. The van der Waals surface area contributed by atoms with Gasteiger partial charge in [-0.15, -0.1) is 0 Å². The molecule has 4 aromatic rings. The van der Waals surface area contributed by atoms with Gasteiger partial charge in [0, 0.05) is 30.2 Å². The van der Waals surface area contributed by atoms with Crippen LogP contribution in [0.25, 0.3) is 22.4 Å². The number of alkyl halides is 1. The van der Waals surface area contributed by atoms with Crippen molar-refractivity contribution in [2.45, 2.75) is 70.3 Å². The number of anilines is 2. The summed E-state index contributed by atoms with van der Waals surface area (Å²) in [4.78, 5) is 29.4. The summed E-state index contributed by atoms with van der Waals surface area (Å²) in [6.07, 6.45) is 5.19. The molecular formula is C32H39F2N7O3S. The molecule has 45 heavy (non-hydrogen) atoms. The van der Waals surface area contributed by atoms with Gasteiger partial charge in [-0.25, -0.2) is 27.2 Å². The molecule has 2 N–H and O–H groups in total. The number of sulfonamides is 1. The Bertz CT molecular complexity index is 1840. The van der Waals surface area contributed by atoms with Crippen LogP contribution in [0, 0.1) is 12.7 Å². The fraction of sp³-hybridized carbons (Fsp3) is 0.438. The van der Waals surface area contributed by atoms with Gasteiger partial charge in [-0.1, -0.05) is 30.3 Å². The number of benzene rings is 2. The van der Waals surface area contributed by atoms with Gasteiger partial charge >= 0.3 is 0 Å². The highest BCUT2D eigenvalue weighted by Crippen LogP contribution is 2.27. The van der Waals surface area contributed by atoms with Gasteiger partial charge in [-0.3, -0.25) is 14.1 Å². The molecule has 0 radical (unpaired) electrons. The van der Waals surface area contributed by atoms with Crippen LogP contribution in [0.3, 0.4) is 0 Å². The summed E-state index contributed by atoms with van der Waals surface area (Å²) in [7, 11) is -1.95. The molecule has 0 amide bonds. The van der Waals surface area contributed by atoms with E-state index in [1.807, 2.05) is 40.0 Å². The lowest BCUT2D eigenvalue weighted by molar-refractivity contribution is 0.174. The smallest absolute Gasteiger partial charge is 0.278 e. The number of nitrogens with zero attached hydrogens (tertiary/aromatic N) is 5. The Balaban J connectivity index is 1.38. The summed E-state index contributed by atoms with van der Waals surface area (Å²) in [5, 5.41) is 3.38. The molecule has 0 saturated heterocycles. The summed E-state index contributed by atoms with van der Waals surface area (Å²) >= 11 is 0. The van der Waals surface area contributed by atoms with Crippen LogP contribution in [0.1, 0.15) is 56.7 Å². The fourth-order valence-corrected chi connectivity index (χ4v) is 7.13. The lowest BCUT2D eigenvalue weighted by atomic mass is 9.90. The van der Waals surface area contributed by atoms with Gasteiger partial charge in [0.2, 0.25) is 16.0 Å². The van der Waals surface area contributed by atoms with E-state index in [0.29, 0.717) is 35.3 Å². The quantitative estimate of drug-likeness (QED) is 0.222. The van der Waals surface area contributed by atoms with Crippen molar-refractivity contribution in [3.05, 3.63) is 76.0 Å². The maximum absolute atomic E-state index is 15.3. The van der Waals surface area contributed by atoms with Crippen LogP contribution in [-0.2, 0) is 15.8 Å². The minimum atomic E-state index is -3.90. The maximum Gasteiger partial charge on any atom is 0.278 e. The average molecular weight is 640 g/mol. The van der Waals surface area contributed by atoms with Crippen molar-refractivity contribution in [1.29, 1.82) is 0 Å². The van der Waals surface area contributed by atoms with E-state index in [4.69, 9.17) is 0 Å². The highest BCUT2D eigenvalue weighted by atomic mass is 32.2. The van der Waals surface area contributed by atoms with Gasteiger partial charge in [0.1, 0.15) is 23.7 Å². The van der Waals surface area contributed by atoms with Gasteiger partial charge in [0.25, 0.3) is 5.56 Å². The van der Waals surface area contributed by atoms with Crippen molar-refractivity contribution in [1.82, 2.24) is 24.4 Å². The zero-order valence-corrected chi connectivity index (χ0v) is 26.7. The largest absolute Gasteiger partial charge is 0.351 e. The molecule has 1 fully saturated rings. The highest BCUT2D eigenvalue weighted by molar-refractivity contribution is 7.91. The van der Waals surface area contributed by atoms with Crippen LogP contribution in [-0.4, -0.2) is 65.2 Å². The molecule has 1 aliphatic carbocycles. The molecule has 2 aromatic heterocycles. The second-order valence-electron chi connectivity index (χ2n) is 11.9. The van der Waals surface area contributed by atoms with Crippen LogP contribution in [0.2, 0.25) is 0 Å². The lowest BCUT2D eigenvalue weighted by Gasteiger charge is -2.34. The standard InChI is InChI=1S/C32H39F2N7O3S/c1-20(2)41-30-28(18-35-32(38-30)36-24-10-12-25(13-11-24)40(4)16-15-33)37-29(31(41)42)22-9-14-27(26(34)17-22)39-45(43,44)19-23-8-6-5-7-21(23)3/h5-9,14,17-18,20,24-25,39H,10-13,15-16,19H2,1-4H3,(H,35,36,38)/t24-,25-. The van der Waals surface area contributed by atoms with Crippen LogP contribution in [0.15, 0.2) is 53.5 Å². The van der Waals surface area contributed by atoms with E-state index in [1.54, 1.807) is 12.1 Å². The molecule has 0 aliphatic heterocycles. The Morgan fingerprint density at radius 3 is 2.49 bits per heavy atom. The van der Waals surface area contributed by atoms with E-state index < -0.39 is 21.4 Å². The molecule has 240 valence electrons. The molecule has 2 heterocycles. The second-order valence-corrected chi connectivity index (χ2v) is 13.7. The fourth-order valence-electron chi connectivity index (χ4n) is 5.82. The molecule has 0 bridgehead atoms. The number of nitrogens with one attached hydrogen (secondary N) is 2. The predicted molar refractivity (Wildman–Crippen MR) is 173 cm³/mol. The third kappa shape index (κ3) is 7.47. The van der Waals surface area contributed by atoms with Crippen molar-refractivity contribution in [2.75, 3.05) is 30.3 Å². The SMILES string of the molecule is Cc1ccccc1CS(=O)(=O)Nc1ccc(-c2nc3cnc(N[C@H]4CC[C@H](N(C)CCF)CC4)nc3n(C(C)C)c2=O)cc1F. The number of hydrogen-bond acceptors (Lipinski definition) is 8. The Kier molecular flexibility index (Phi) is 9.78. The molecule has 0 atom stereocenters. The number of aromatic nitrogens is 4. The monoisotopic (exact) mass is 639 g/mol. The summed E-state index contributed by atoms with van der Waals surface area (Å²) in [6, 6.07) is 11.2. The second kappa shape index (κ2) is 13.6. The Labute approximate surface area is 262 Å². The Morgan fingerprint density at radius 1 is 1.09 bits per heavy atom. The van der Waals surface area contributed by atoms with Crippen molar-refractivity contribution in [3.8, 4) is 11.3 Å². The van der Waals surface area contributed by atoms with Crippen LogP contribution < -0.4 is 15.6 Å². The molecule has 10 nitrogen and oxygen atoms in total. The number of rotatable bonds is 11. The van der Waals surface area contributed by atoms with Gasteiger partial charge in [0.15, 0.2) is 5.65 Å². The first kappa shape index (κ1) is 32.4. The average Bonchev–Trinajstić information content (AvgIpc) is 2.99. The minimum Gasteiger partial charge on any atom is -0.351 e. The van der Waals surface area contributed by atoms with Gasteiger partial charge in [-0.05, 0) is 76.8 Å². The third-order valence-corrected chi connectivity index (χ3v) is 9.58. The summed E-state index contributed by atoms with van der Waals surface area (Å²) in [5.41, 5.74) is 1.68. The molecule has 1 saturated carbocycles. The Morgan fingerprint density at radius 2 is 1.82 bits per heavy atom. The van der Waals surface area contributed by atoms with Crippen LogP contribution >= 0.6 is 0 Å². The number of fused-ring (bicyclic) bond motifs is 1. The first-order valence-electron chi connectivity index (χ1n) is 15.1. The van der Waals surface area contributed by atoms with Crippen molar-refractivity contribution in [3.63, 3.8) is 0 Å². The summed E-state index contributed by atoms with van der Waals surface area (Å²) < 4.78 is 57.4. The van der Waals surface area contributed by atoms with Crippen molar-refractivity contribution < 1.29 is 17.2 Å². The van der Waals surface area contributed by atoms with Gasteiger partial charge in [0.05, 0.1) is 17.6 Å². The van der Waals surface area contributed by atoms with E-state index >= 15 is 4.39 Å². The number of aryl methyl sites for hydroxylation is 1. The highest BCUT2D eigenvalue weighted by Gasteiger charge is 2.25. The Hall–Kier alpha value is -3.97. The van der Waals surface area contributed by atoms with E-state index in [2.05, 4.69) is 29.9 Å². The molecule has 5 rings (SSSR count). The van der Waals surface area contributed by atoms with E-state index in [-0.39, 0.29) is 41.5 Å². The third-order valence-electron chi connectivity index (χ3n) is 8.35. The van der Waals surface area contributed by atoms with E-state index in [9.17, 15) is 17.6 Å². The molecule has 13 heteroatoms. The predicted octanol–water partition coefficient (Wildman–Crippen LogP) is 5.45. The molecule has 1 aliphatic rings. The zero-order valence-electron chi connectivity index (χ0n) is 25.9. The topological polar surface area (TPSA) is 122 Å². The van der Waals surface area contributed by atoms with Gasteiger partial charge in [-0.2, -0.15) is 4.98 Å². The van der Waals surface area contributed by atoms with E-state index in [1.165, 1.54) is 22.9 Å². The maximum atomic E-state index is 15.3. The van der Waals surface area contributed by atoms with Crippen LogP contribution in [0.4, 0.5) is 20.4 Å².